The standard InChI is InChI=1S/C13H16N2O4/c1-8(13(18)19)14-11(16)9-5-4-6-10(7-9)12(17)15(2)3/h4-8H,1-3H3,(H,14,16)(H,18,19)/t8-/m0/s1. The van der Waals surface area contributed by atoms with Gasteiger partial charge in [0.05, 0.1) is 0 Å². The number of hydrogen-bond acceptors (Lipinski definition) is 3. The van der Waals surface area contributed by atoms with E-state index >= 15 is 0 Å². The first kappa shape index (κ1) is 14.7. The number of benzene rings is 1. The number of carbonyl (C=O) groups excluding carboxylic acids is 2. The van der Waals surface area contributed by atoms with Crippen molar-refractivity contribution in [1.82, 2.24) is 10.2 Å². The van der Waals surface area contributed by atoms with E-state index in [1.165, 1.54) is 24.0 Å². The van der Waals surface area contributed by atoms with E-state index in [4.69, 9.17) is 5.11 Å². The molecule has 0 saturated heterocycles. The Balaban J connectivity index is 2.90. The first-order valence-corrected chi connectivity index (χ1v) is 5.68. The van der Waals surface area contributed by atoms with Gasteiger partial charge in [-0.25, -0.2) is 0 Å². The van der Waals surface area contributed by atoms with Crippen LogP contribution in [-0.2, 0) is 4.79 Å². The van der Waals surface area contributed by atoms with E-state index in [0.29, 0.717) is 5.56 Å². The van der Waals surface area contributed by atoms with Crippen LogP contribution in [0, 0.1) is 0 Å². The Morgan fingerprint density at radius 2 is 1.79 bits per heavy atom. The average Bonchev–Trinajstić information content (AvgIpc) is 2.37. The molecule has 0 aliphatic carbocycles. The molecule has 0 fully saturated rings. The van der Waals surface area contributed by atoms with Crippen molar-refractivity contribution < 1.29 is 19.5 Å². The van der Waals surface area contributed by atoms with Gasteiger partial charge in [-0.1, -0.05) is 6.07 Å². The highest BCUT2D eigenvalue weighted by Crippen LogP contribution is 2.07. The zero-order valence-corrected chi connectivity index (χ0v) is 11.0. The SMILES string of the molecule is C[C@H](NC(=O)c1cccc(C(=O)N(C)C)c1)C(=O)O. The number of carbonyl (C=O) groups is 3. The van der Waals surface area contributed by atoms with Crippen LogP contribution in [0.1, 0.15) is 27.6 Å². The van der Waals surface area contributed by atoms with Gasteiger partial charge < -0.3 is 15.3 Å². The third-order valence-corrected chi connectivity index (χ3v) is 2.50. The minimum atomic E-state index is -1.12. The number of nitrogens with zero attached hydrogens (tertiary/aromatic N) is 1. The second-order valence-electron chi connectivity index (χ2n) is 4.31. The van der Waals surface area contributed by atoms with Crippen molar-refractivity contribution in [2.75, 3.05) is 14.1 Å². The average molecular weight is 264 g/mol. The highest BCUT2D eigenvalue weighted by molar-refractivity contribution is 6.00. The molecule has 19 heavy (non-hydrogen) atoms. The van der Waals surface area contributed by atoms with E-state index in [0.717, 1.165) is 0 Å². The molecule has 0 spiro atoms. The zero-order valence-electron chi connectivity index (χ0n) is 11.0. The van der Waals surface area contributed by atoms with E-state index in [-0.39, 0.29) is 11.5 Å². The van der Waals surface area contributed by atoms with Gasteiger partial charge in [-0.05, 0) is 25.1 Å². The van der Waals surface area contributed by atoms with E-state index < -0.39 is 17.9 Å². The summed E-state index contributed by atoms with van der Waals surface area (Å²) in [4.78, 5) is 35.6. The fourth-order valence-corrected chi connectivity index (χ4v) is 1.39. The Hall–Kier alpha value is -2.37. The first-order chi connectivity index (χ1) is 8.82. The van der Waals surface area contributed by atoms with Crippen LogP contribution in [0.15, 0.2) is 24.3 Å². The van der Waals surface area contributed by atoms with Gasteiger partial charge >= 0.3 is 5.97 Å². The van der Waals surface area contributed by atoms with Crippen molar-refractivity contribution in [2.24, 2.45) is 0 Å². The molecule has 102 valence electrons. The summed E-state index contributed by atoms with van der Waals surface area (Å²) >= 11 is 0. The van der Waals surface area contributed by atoms with Gasteiger partial charge in [0.2, 0.25) is 0 Å². The fraction of sp³-hybridized carbons (Fsp3) is 0.308. The van der Waals surface area contributed by atoms with Crippen LogP contribution < -0.4 is 5.32 Å². The van der Waals surface area contributed by atoms with Gasteiger partial charge in [0, 0.05) is 25.2 Å². The smallest absolute Gasteiger partial charge is 0.325 e. The molecule has 0 heterocycles. The second-order valence-corrected chi connectivity index (χ2v) is 4.31. The van der Waals surface area contributed by atoms with Crippen molar-refractivity contribution in [3.8, 4) is 0 Å². The lowest BCUT2D eigenvalue weighted by Gasteiger charge is -2.12. The lowest BCUT2D eigenvalue weighted by atomic mass is 10.1. The van der Waals surface area contributed by atoms with Gasteiger partial charge in [0.15, 0.2) is 0 Å². The molecule has 0 saturated carbocycles. The van der Waals surface area contributed by atoms with Crippen molar-refractivity contribution >= 4 is 17.8 Å². The normalized spacial score (nSPS) is 11.5. The van der Waals surface area contributed by atoms with E-state index in [1.807, 2.05) is 0 Å². The molecule has 1 atom stereocenters. The van der Waals surface area contributed by atoms with Crippen LogP contribution >= 0.6 is 0 Å². The largest absolute Gasteiger partial charge is 0.480 e. The highest BCUT2D eigenvalue weighted by atomic mass is 16.4. The Kier molecular flexibility index (Phi) is 4.63. The van der Waals surface area contributed by atoms with Crippen LogP contribution in [0.5, 0.6) is 0 Å². The summed E-state index contributed by atoms with van der Waals surface area (Å²) in [6, 6.07) is 5.15. The summed E-state index contributed by atoms with van der Waals surface area (Å²) in [6.45, 7) is 1.37. The molecule has 6 nitrogen and oxygen atoms in total. The van der Waals surface area contributed by atoms with Crippen LogP contribution in [0.25, 0.3) is 0 Å². The molecule has 0 bridgehead atoms. The first-order valence-electron chi connectivity index (χ1n) is 5.68. The number of nitrogens with one attached hydrogen (secondary N) is 1. The molecule has 1 aromatic carbocycles. The lowest BCUT2D eigenvalue weighted by molar-refractivity contribution is -0.138. The predicted octanol–water partition coefficient (Wildman–Crippen LogP) is 0.591. The molecule has 0 aliphatic rings. The monoisotopic (exact) mass is 264 g/mol. The molecule has 1 rings (SSSR count). The molecule has 2 amide bonds. The van der Waals surface area contributed by atoms with Crippen molar-refractivity contribution in [3.05, 3.63) is 35.4 Å². The maximum absolute atomic E-state index is 11.8. The maximum atomic E-state index is 11.8. The van der Waals surface area contributed by atoms with Gasteiger partial charge in [0.25, 0.3) is 11.8 Å². The third-order valence-electron chi connectivity index (χ3n) is 2.50. The maximum Gasteiger partial charge on any atom is 0.325 e. The van der Waals surface area contributed by atoms with Crippen LogP contribution in [0.2, 0.25) is 0 Å². The summed E-state index contributed by atoms with van der Waals surface area (Å²) < 4.78 is 0. The lowest BCUT2D eigenvalue weighted by Crippen LogP contribution is -2.38. The summed E-state index contributed by atoms with van der Waals surface area (Å²) in [5.41, 5.74) is 0.626. The number of hydrogen-bond donors (Lipinski definition) is 2. The molecule has 0 radical (unpaired) electrons. The topological polar surface area (TPSA) is 86.7 Å². The molecule has 1 aromatic rings. The van der Waals surface area contributed by atoms with E-state index in [1.54, 1.807) is 26.2 Å². The van der Waals surface area contributed by atoms with Gasteiger partial charge in [0.1, 0.15) is 6.04 Å². The van der Waals surface area contributed by atoms with Crippen molar-refractivity contribution in [2.45, 2.75) is 13.0 Å². The van der Waals surface area contributed by atoms with Crippen LogP contribution in [0.4, 0.5) is 0 Å². The zero-order chi connectivity index (χ0) is 14.6. The van der Waals surface area contributed by atoms with Crippen LogP contribution in [0.3, 0.4) is 0 Å². The minimum Gasteiger partial charge on any atom is -0.480 e. The Morgan fingerprint density at radius 3 is 2.32 bits per heavy atom. The molecule has 2 N–H and O–H groups in total. The molecular weight excluding hydrogens is 248 g/mol. The quantitative estimate of drug-likeness (QED) is 0.833. The number of amides is 2. The van der Waals surface area contributed by atoms with Crippen LogP contribution in [-0.4, -0.2) is 47.9 Å². The predicted molar refractivity (Wildman–Crippen MR) is 69.0 cm³/mol. The Morgan fingerprint density at radius 1 is 1.21 bits per heavy atom. The summed E-state index contributed by atoms with van der Waals surface area (Å²) in [7, 11) is 3.23. The Bertz CT molecular complexity index is 511. The van der Waals surface area contributed by atoms with E-state index in [9.17, 15) is 14.4 Å². The van der Waals surface area contributed by atoms with Gasteiger partial charge in [-0.3, -0.25) is 14.4 Å². The van der Waals surface area contributed by atoms with E-state index in [2.05, 4.69) is 5.32 Å². The van der Waals surface area contributed by atoms with Crippen molar-refractivity contribution in [1.29, 1.82) is 0 Å². The summed E-state index contributed by atoms with van der Waals surface area (Å²) in [6.07, 6.45) is 0. The highest BCUT2D eigenvalue weighted by Gasteiger charge is 2.16. The fourth-order valence-electron chi connectivity index (χ4n) is 1.39. The van der Waals surface area contributed by atoms with Gasteiger partial charge in [-0.2, -0.15) is 0 Å². The van der Waals surface area contributed by atoms with Gasteiger partial charge in [-0.15, -0.1) is 0 Å². The summed E-state index contributed by atoms with van der Waals surface area (Å²) in [5, 5.41) is 11.0. The number of carboxylic acids is 1. The minimum absolute atomic E-state index is 0.221. The number of carboxylic acid groups (broad SMARTS) is 1. The molecule has 6 heteroatoms. The molecule has 0 unspecified atom stereocenters. The molecular formula is C13H16N2O4. The molecule has 0 aromatic heterocycles. The molecule has 0 aliphatic heterocycles. The number of rotatable bonds is 4. The summed E-state index contributed by atoms with van der Waals surface area (Å²) in [5.74, 6) is -1.86. The van der Waals surface area contributed by atoms with Crippen molar-refractivity contribution in [3.63, 3.8) is 0 Å². The third kappa shape index (κ3) is 3.80. The number of aliphatic carboxylic acids is 1. The second kappa shape index (κ2) is 5.99. The Labute approximate surface area is 111 Å².